The Bertz CT molecular complexity index is 812. The van der Waals surface area contributed by atoms with Gasteiger partial charge in [-0.2, -0.15) is 0 Å². The number of rotatable bonds is 4. The molecule has 0 fully saturated rings. The number of carbonyl (C=O) groups excluding carboxylic acids is 1. The number of aromatic nitrogens is 1. The van der Waals surface area contributed by atoms with Crippen LogP contribution in [0.2, 0.25) is 5.02 Å². The fourth-order valence-corrected chi connectivity index (χ4v) is 3.65. The standard InChI is InChI=1S/C14H13ClN2O4S/c15-9-4-6-10(7-5-9)22(19,20)8-13(18)16-14-11-2-1-3-12(11)17-21-14/h4-7H,1-3,8H2,(H,16,18). The van der Waals surface area contributed by atoms with Crippen molar-refractivity contribution in [2.24, 2.45) is 0 Å². The van der Waals surface area contributed by atoms with E-state index in [4.69, 9.17) is 16.1 Å². The summed E-state index contributed by atoms with van der Waals surface area (Å²) >= 11 is 5.72. The van der Waals surface area contributed by atoms with Crippen LogP contribution in [0.3, 0.4) is 0 Å². The molecule has 0 aliphatic heterocycles. The van der Waals surface area contributed by atoms with E-state index < -0.39 is 21.5 Å². The van der Waals surface area contributed by atoms with E-state index in [9.17, 15) is 13.2 Å². The van der Waals surface area contributed by atoms with Gasteiger partial charge in [-0.25, -0.2) is 8.42 Å². The highest BCUT2D eigenvalue weighted by Gasteiger charge is 2.25. The van der Waals surface area contributed by atoms with Gasteiger partial charge in [-0.05, 0) is 43.5 Å². The second-order valence-electron chi connectivity index (χ2n) is 5.05. The van der Waals surface area contributed by atoms with Gasteiger partial charge in [0.05, 0.1) is 10.6 Å². The molecular formula is C14H13ClN2O4S. The molecule has 8 heteroatoms. The molecule has 1 aromatic heterocycles. The van der Waals surface area contributed by atoms with Crippen LogP contribution in [0, 0.1) is 0 Å². The zero-order valence-electron chi connectivity index (χ0n) is 11.5. The monoisotopic (exact) mass is 340 g/mol. The molecule has 116 valence electrons. The predicted molar refractivity (Wildman–Crippen MR) is 80.7 cm³/mol. The molecule has 1 amide bonds. The number of aryl methyl sites for hydroxylation is 1. The van der Waals surface area contributed by atoms with Gasteiger partial charge in [0.2, 0.25) is 11.8 Å². The van der Waals surface area contributed by atoms with Gasteiger partial charge in [0.15, 0.2) is 9.84 Å². The maximum Gasteiger partial charge on any atom is 0.242 e. The van der Waals surface area contributed by atoms with Gasteiger partial charge in [0.25, 0.3) is 0 Å². The van der Waals surface area contributed by atoms with Crippen LogP contribution in [0.4, 0.5) is 5.88 Å². The Hall–Kier alpha value is -1.86. The van der Waals surface area contributed by atoms with Crippen LogP contribution in [0.1, 0.15) is 17.7 Å². The first-order valence-corrected chi connectivity index (χ1v) is 8.74. The molecule has 1 N–H and O–H groups in total. The molecule has 1 aliphatic carbocycles. The van der Waals surface area contributed by atoms with Crippen LogP contribution in [0.15, 0.2) is 33.7 Å². The summed E-state index contributed by atoms with van der Waals surface area (Å²) in [7, 11) is -3.73. The Morgan fingerprint density at radius 3 is 2.73 bits per heavy atom. The summed E-state index contributed by atoms with van der Waals surface area (Å²) in [4.78, 5) is 12.0. The van der Waals surface area contributed by atoms with Crippen molar-refractivity contribution in [2.75, 3.05) is 11.1 Å². The maximum absolute atomic E-state index is 12.2. The number of hydrogen-bond donors (Lipinski definition) is 1. The summed E-state index contributed by atoms with van der Waals surface area (Å²) in [6.07, 6.45) is 2.55. The number of nitrogens with one attached hydrogen (secondary N) is 1. The fraction of sp³-hybridized carbons (Fsp3) is 0.286. The van der Waals surface area contributed by atoms with E-state index in [0.29, 0.717) is 5.02 Å². The highest BCUT2D eigenvalue weighted by atomic mass is 35.5. The molecular weight excluding hydrogens is 328 g/mol. The fourth-order valence-electron chi connectivity index (χ4n) is 2.39. The van der Waals surface area contributed by atoms with Gasteiger partial charge in [0, 0.05) is 10.6 Å². The SMILES string of the molecule is O=C(CS(=O)(=O)c1ccc(Cl)cc1)Nc1onc2c1CCC2. The Morgan fingerprint density at radius 2 is 2.00 bits per heavy atom. The molecule has 2 aromatic rings. The van der Waals surface area contributed by atoms with Crippen LogP contribution in [-0.2, 0) is 27.5 Å². The lowest BCUT2D eigenvalue weighted by Crippen LogP contribution is -2.23. The third-order valence-electron chi connectivity index (χ3n) is 3.46. The Morgan fingerprint density at radius 1 is 1.27 bits per heavy atom. The molecule has 0 radical (unpaired) electrons. The van der Waals surface area contributed by atoms with E-state index in [1.807, 2.05) is 0 Å². The van der Waals surface area contributed by atoms with Crippen LogP contribution in [-0.4, -0.2) is 25.2 Å². The summed E-state index contributed by atoms with van der Waals surface area (Å²) < 4.78 is 29.4. The normalized spacial score (nSPS) is 13.9. The van der Waals surface area contributed by atoms with E-state index in [-0.39, 0.29) is 10.8 Å². The number of nitrogens with zero attached hydrogens (tertiary/aromatic N) is 1. The number of benzene rings is 1. The van der Waals surface area contributed by atoms with Crippen LogP contribution < -0.4 is 5.32 Å². The van der Waals surface area contributed by atoms with Crippen LogP contribution >= 0.6 is 11.6 Å². The third kappa shape index (κ3) is 3.00. The molecule has 1 heterocycles. The molecule has 0 spiro atoms. The summed E-state index contributed by atoms with van der Waals surface area (Å²) in [6.45, 7) is 0. The van der Waals surface area contributed by atoms with Gasteiger partial charge in [-0.3, -0.25) is 10.1 Å². The van der Waals surface area contributed by atoms with Gasteiger partial charge in [-0.1, -0.05) is 16.8 Å². The third-order valence-corrected chi connectivity index (χ3v) is 5.34. The van der Waals surface area contributed by atoms with Crippen molar-refractivity contribution in [1.82, 2.24) is 5.16 Å². The molecule has 1 aliphatic rings. The van der Waals surface area contributed by atoms with E-state index in [0.717, 1.165) is 30.5 Å². The van der Waals surface area contributed by atoms with Crippen molar-refractivity contribution >= 4 is 33.2 Å². The smallest absolute Gasteiger partial charge is 0.242 e. The Balaban J connectivity index is 1.72. The molecule has 0 bridgehead atoms. The first-order chi connectivity index (χ1) is 10.5. The molecule has 0 saturated carbocycles. The molecule has 1 aromatic carbocycles. The quantitative estimate of drug-likeness (QED) is 0.921. The summed E-state index contributed by atoms with van der Waals surface area (Å²) in [5.41, 5.74) is 1.69. The molecule has 22 heavy (non-hydrogen) atoms. The lowest BCUT2D eigenvalue weighted by Gasteiger charge is -2.05. The van der Waals surface area contributed by atoms with E-state index in [2.05, 4.69) is 10.5 Å². The highest BCUT2D eigenvalue weighted by molar-refractivity contribution is 7.92. The lowest BCUT2D eigenvalue weighted by atomic mass is 10.2. The summed E-state index contributed by atoms with van der Waals surface area (Å²) in [6, 6.07) is 5.68. The average molecular weight is 341 g/mol. The van der Waals surface area contributed by atoms with Crippen molar-refractivity contribution in [3.8, 4) is 0 Å². The average Bonchev–Trinajstić information content (AvgIpc) is 3.04. The number of fused-ring (bicyclic) bond motifs is 1. The van der Waals surface area contributed by atoms with Crippen molar-refractivity contribution in [2.45, 2.75) is 24.2 Å². The first-order valence-electron chi connectivity index (χ1n) is 6.71. The predicted octanol–water partition coefficient (Wildman–Crippen LogP) is 2.23. The molecule has 3 rings (SSSR count). The minimum absolute atomic E-state index is 0.0508. The van der Waals surface area contributed by atoms with Crippen LogP contribution in [0.25, 0.3) is 0 Å². The second-order valence-corrected chi connectivity index (χ2v) is 7.48. The number of amides is 1. The number of halogens is 1. The van der Waals surface area contributed by atoms with Crippen molar-refractivity contribution in [1.29, 1.82) is 0 Å². The number of hydrogen-bond acceptors (Lipinski definition) is 5. The largest absolute Gasteiger partial charge is 0.338 e. The number of carbonyl (C=O) groups is 1. The zero-order chi connectivity index (χ0) is 15.7. The summed E-state index contributed by atoms with van der Waals surface area (Å²) in [5, 5.41) is 6.78. The lowest BCUT2D eigenvalue weighted by molar-refractivity contribution is -0.114. The van der Waals surface area contributed by atoms with Gasteiger partial charge in [0.1, 0.15) is 5.75 Å². The minimum atomic E-state index is -3.73. The van der Waals surface area contributed by atoms with Crippen molar-refractivity contribution in [3.05, 3.63) is 40.5 Å². The molecule has 0 saturated heterocycles. The molecule has 0 atom stereocenters. The number of sulfone groups is 1. The van der Waals surface area contributed by atoms with Crippen molar-refractivity contribution < 1.29 is 17.7 Å². The van der Waals surface area contributed by atoms with E-state index in [1.54, 1.807) is 0 Å². The van der Waals surface area contributed by atoms with Gasteiger partial charge >= 0.3 is 0 Å². The Kier molecular flexibility index (Phi) is 3.92. The zero-order valence-corrected chi connectivity index (χ0v) is 13.1. The maximum atomic E-state index is 12.2. The molecule has 6 nitrogen and oxygen atoms in total. The first kappa shape index (κ1) is 15.1. The Labute approximate surface area is 132 Å². The van der Waals surface area contributed by atoms with Gasteiger partial charge < -0.3 is 4.52 Å². The number of anilines is 1. The molecule has 0 unspecified atom stereocenters. The van der Waals surface area contributed by atoms with Gasteiger partial charge in [-0.15, -0.1) is 0 Å². The topological polar surface area (TPSA) is 89.3 Å². The second kappa shape index (κ2) is 5.73. The van der Waals surface area contributed by atoms with E-state index >= 15 is 0 Å². The van der Waals surface area contributed by atoms with Crippen molar-refractivity contribution in [3.63, 3.8) is 0 Å². The minimum Gasteiger partial charge on any atom is -0.338 e. The van der Waals surface area contributed by atoms with E-state index in [1.165, 1.54) is 24.3 Å². The van der Waals surface area contributed by atoms with Crippen LogP contribution in [0.5, 0.6) is 0 Å². The highest BCUT2D eigenvalue weighted by Crippen LogP contribution is 2.28. The summed E-state index contributed by atoms with van der Waals surface area (Å²) in [5.74, 6) is -1.06.